The topological polar surface area (TPSA) is 93.6 Å². The molecular weight excluding hydrogens is 567 g/mol. The molecule has 3 fully saturated rings. The highest BCUT2D eigenvalue weighted by Crippen LogP contribution is 2.39. The number of aliphatic hydroxyl groups is 2. The molecule has 0 spiro atoms. The zero-order valence-corrected chi connectivity index (χ0v) is 23.8. The molecule has 220 valence electrons. The maximum Gasteiger partial charge on any atom is 0.421 e. The fourth-order valence-corrected chi connectivity index (χ4v) is 8.15. The van der Waals surface area contributed by atoms with Crippen LogP contribution in [-0.4, -0.2) is 102 Å². The summed E-state index contributed by atoms with van der Waals surface area (Å²) in [5.41, 5.74) is -2.63. The van der Waals surface area contributed by atoms with Crippen molar-refractivity contribution in [3.63, 3.8) is 0 Å². The first-order chi connectivity index (χ1) is 18.8. The first-order valence-electron chi connectivity index (χ1n) is 13.4. The molecule has 13 heteroatoms. The van der Waals surface area contributed by atoms with Gasteiger partial charge >= 0.3 is 6.18 Å². The van der Waals surface area contributed by atoms with Crippen LogP contribution in [-0.2, 0) is 20.4 Å². The third-order valence-electron chi connectivity index (χ3n) is 8.41. The first kappa shape index (κ1) is 29.6. The number of fused-ring (bicyclic) bond motifs is 2. The van der Waals surface area contributed by atoms with E-state index in [9.17, 15) is 31.8 Å². The van der Waals surface area contributed by atoms with Gasteiger partial charge in [-0.25, -0.2) is 8.42 Å². The predicted octanol–water partition coefficient (Wildman–Crippen LogP) is 2.71. The standard InChI is InChI=1S/C27H34F3N3O5S2/c1-26(35,27(28,29)30)18-6-8-19(9-7-18)32-11-10-31(40(36,37)25-5-3-2-4-24(25)39)14-22(32)15-33-20-12-23(34)13-21(33)17-38-16-20/h2-3,5-9,20-23,34-35H,4,10-17H2,1H3/t20?,21?,22-,23?,26-/m1/s1. The molecule has 1 aliphatic carbocycles. The van der Waals surface area contributed by atoms with Crippen LogP contribution in [0.25, 0.3) is 0 Å². The zero-order chi connectivity index (χ0) is 28.9. The number of piperazine rings is 1. The van der Waals surface area contributed by atoms with E-state index in [1.165, 1.54) is 22.5 Å². The lowest BCUT2D eigenvalue weighted by molar-refractivity contribution is -0.258. The smallest absolute Gasteiger partial charge is 0.393 e. The van der Waals surface area contributed by atoms with Gasteiger partial charge in [0.2, 0.25) is 10.0 Å². The van der Waals surface area contributed by atoms with Gasteiger partial charge in [-0.3, -0.25) is 4.90 Å². The molecule has 40 heavy (non-hydrogen) atoms. The summed E-state index contributed by atoms with van der Waals surface area (Å²) in [5.74, 6) is 0. The normalized spacial score (nSPS) is 30.2. The minimum absolute atomic E-state index is 0.0145. The van der Waals surface area contributed by atoms with Crippen LogP contribution in [0.15, 0.2) is 47.4 Å². The molecule has 5 rings (SSSR count). The molecule has 0 radical (unpaired) electrons. The highest BCUT2D eigenvalue weighted by molar-refractivity contribution is 7.96. The van der Waals surface area contributed by atoms with Gasteiger partial charge in [0.05, 0.1) is 30.3 Å². The molecule has 4 aliphatic rings. The maximum absolute atomic E-state index is 13.6. The second-order valence-corrected chi connectivity index (χ2v) is 13.5. The van der Waals surface area contributed by atoms with E-state index in [2.05, 4.69) is 4.90 Å². The summed E-state index contributed by atoms with van der Waals surface area (Å²) in [5, 5.41) is 20.4. The van der Waals surface area contributed by atoms with Gasteiger partial charge in [0, 0.05) is 55.2 Å². The Labute approximate surface area is 237 Å². The van der Waals surface area contributed by atoms with Crippen LogP contribution in [0.2, 0.25) is 0 Å². The van der Waals surface area contributed by atoms with E-state index < -0.39 is 27.9 Å². The van der Waals surface area contributed by atoms with Crippen molar-refractivity contribution >= 4 is 32.8 Å². The number of nitrogens with zero attached hydrogens (tertiary/aromatic N) is 3. The second kappa shape index (κ2) is 11.1. The van der Waals surface area contributed by atoms with Gasteiger partial charge in [-0.15, -0.1) is 0 Å². The highest BCUT2D eigenvalue weighted by atomic mass is 32.2. The maximum atomic E-state index is 13.6. The Kier molecular flexibility index (Phi) is 8.21. The van der Waals surface area contributed by atoms with E-state index in [-0.39, 0.29) is 41.7 Å². The highest BCUT2D eigenvalue weighted by Gasteiger charge is 2.51. The summed E-state index contributed by atoms with van der Waals surface area (Å²) in [4.78, 5) is 4.79. The number of ether oxygens (including phenoxy) is 1. The average molecular weight is 602 g/mol. The van der Waals surface area contributed by atoms with E-state index in [0.29, 0.717) is 56.1 Å². The molecule has 0 aromatic heterocycles. The SMILES string of the molecule is C[C@@](O)(c1ccc(N2CCN(S(=O)(=O)C3=CC=CCC3=S)C[C@@H]2CN2C3COCC2CC(O)C3)cc1)C(F)(F)F. The Balaban J connectivity index is 1.44. The van der Waals surface area contributed by atoms with Crippen LogP contribution in [0.5, 0.6) is 0 Å². The molecule has 2 N–H and O–H groups in total. The Morgan fingerprint density at radius 3 is 2.35 bits per heavy atom. The third-order valence-corrected chi connectivity index (χ3v) is 10.9. The van der Waals surface area contributed by atoms with Gasteiger partial charge in [0.1, 0.15) is 0 Å². The number of alkyl halides is 3. The summed E-state index contributed by atoms with van der Waals surface area (Å²) in [6.45, 7) is 2.81. The van der Waals surface area contributed by atoms with Gasteiger partial charge in [-0.1, -0.05) is 36.5 Å². The van der Waals surface area contributed by atoms with Gasteiger partial charge in [0.15, 0.2) is 5.60 Å². The average Bonchev–Trinajstić information content (AvgIpc) is 2.89. The Bertz CT molecular complexity index is 1270. The number of sulfonamides is 1. The van der Waals surface area contributed by atoms with E-state index in [1.54, 1.807) is 18.2 Å². The van der Waals surface area contributed by atoms with E-state index in [1.807, 2.05) is 11.0 Å². The summed E-state index contributed by atoms with van der Waals surface area (Å²) in [6, 6.07) is 5.25. The molecule has 2 bridgehead atoms. The van der Waals surface area contributed by atoms with Crippen molar-refractivity contribution in [1.29, 1.82) is 0 Å². The summed E-state index contributed by atoms with van der Waals surface area (Å²) in [6.07, 6.45) is 1.27. The van der Waals surface area contributed by atoms with E-state index >= 15 is 0 Å². The quantitative estimate of drug-likeness (QED) is 0.481. The third kappa shape index (κ3) is 5.61. The molecule has 4 atom stereocenters. The largest absolute Gasteiger partial charge is 0.421 e. The summed E-state index contributed by atoms with van der Waals surface area (Å²) < 4.78 is 74.7. The monoisotopic (exact) mass is 601 g/mol. The number of allylic oxidation sites excluding steroid dienone is 4. The molecule has 1 aromatic rings. The van der Waals surface area contributed by atoms with E-state index in [0.717, 1.165) is 6.92 Å². The number of halogens is 3. The minimum Gasteiger partial charge on any atom is -0.393 e. The number of thiocarbonyl (C=S) groups is 1. The van der Waals surface area contributed by atoms with Crippen molar-refractivity contribution in [3.8, 4) is 0 Å². The van der Waals surface area contributed by atoms with Crippen molar-refractivity contribution in [3.05, 3.63) is 53.0 Å². The lowest BCUT2D eigenvalue weighted by Crippen LogP contribution is -2.64. The second-order valence-electron chi connectivity index (χ2n) is 11.1. The van der Waals surface area contributed by atoms with Crippen LogP contribution >= 0.6 is 12.2 Å². The minimum atomic E-state index is -4.83. The van der Waals surface area contributed by atoms with Crippen molar-refractivity contribution < 1.29 is 36.5 Å². The fourth-order valence-electron chi connectivity index (χ4n) is 6.08. The molecular formula is C27H34F3N3O5S2. The number of hydrogen-bond acceptors (Lipinski definition) is 8. The van der Waals surface area contributed by atoms with Gasteiger partial charge in [-0.05, 0) is 43.5 Å². The van der Waals surface area contributed by atoms with Crippen LogP contribution < -0.4 is 4.90 Å². The Hall–Kier alpha value is -1.87. The Morgan fingerprint density at radius 2 is 1.75 bits per heavy atom. The number of hydrogen-bond donors (Lipinski definition) is 2. The number of morpholine rings is 1. The van der Waals surface area contributed by atoms with Gasteiger partial charge in [0.25, 0.3) is 0 Å². The zero-order valence-electron chi connectivity index (χ0n) is 22.1. The fraction of sp³-hybridized carbons (Fsp3) is 0.593. The molecule has 3 aliphatic heterocycles. The van der Waals surface area contributed by atoms with Crippen LogP contribution in [0.1, 0.15) is 31.7 Å². The van der Waals surface area contributed by atoms with Gasteiger partial charge < -0.3 is 19.8 Å². The lowest BCUT2D eigenvalue weighted by atomic mass is 9.91. The molecule has 0 saturated carbocycles. The van der Waals surface area contributed by atoms with Crippen molar-refractivity contribution in [2.24, 2.45) is 0 Å². The van der Waals surface area contributed by atoms with Crippen LogP contribution in [0.3, 0.4) is 0 Å². The van der Waals surface area contributed by atoms with Gasteiger partial charge in [-0.2, -0.15) is 17.5 Å². The van der Waals surface area contributed by atoms with Crippen LogP contribution in [0, 0.1) is 0 Å². The molecule has 3 saturated heterocycles. The van der Waals surface area contributed by atoms with Crippen molar-refractivity contribution in [1.82, 2.24) is 9.21 Å². The molecule has 8 nitrogen and oxygen atoms in total. The molecule has 2 unspecified atom stereocenters. The molecule has 3 heterocycles. The molecule has 0 amide bonds. The summed E-state index contributed by atoms with van der Waals surface area (Å²) in [7, 11) is -3.85. The Morgan fingerprint density at radius 1 is 1.10 bits per heavy atom. The lowest BCUT2D eigenvalue weighted by Gasteiger charge is -2.51. The van der Waals surface area contributed by atoms with Crippen molar-refractivity contribution in [2.75, 3.05) is 44.3 Å². The number of piperidine rings is 1. The number of aliphatic hydroxyl groups excluding tert-OH is 1. The number of benzene rings is 1. The summed E-state index contributed by atoms with van der Waals surface area (Å²) >= 11 is 5.36. The van der Waals surface area contributed by atoms with Crippen LogP contribution in [0.4, 0.5) is 18.9 Å². The molecule has 1 aromatic carbocycles. The first-order valence-corrected chi connectivity index (χ1v) is 15.2. The predicted molar refractivity (Wildman–Crippen MR) is 148 cm³/mol. The number of anilines is 1. The van der Waals surface area contributed by atoms with Crippen molar-refractivity contribution in [2.45, 2.75) is 62.2 Å². The van der Waals surface area contributed by atoms with E-state index in [4.69, 9.17) is 17.0 Å². The number of rotatable bonds is 6.